The average molecular weight is 613 g/mol. The summed E-state index contributed by atoms with van der Waals surface area (Å²) in [5.41, 5.74) is -1.53. The molecular formula is C33H46BFN2O7. The van der Waals surface area contributed by atoms with Gasteiger partial charge >= 0.3 is 13.0 Å². The van der Waals surface area contributed by atoms with E-state index in [1.54, 1.807) is 13.0 Å². The summed E-state index contributed by atoms with van der Waals surface area (Å²) < 4.78 is 27.3. The quantitative estimate of drug-likeness (QED) is 0.258. The van der Waals surface area contributed by atoms with Crippen LogP contribution in [-0.2, 0) is 19.1 Å². The number of nitrogens with zero attached hydrogens (tertiary/aromatic N) is 2. The molecule has 0 spiro atoms. The SMILES string of the molecule is C=C[C@]1(C)C[C@@H](OC(=O)COc2ccc3c(c2F)B(O)N(C(C)=O)N=C3)[C@]2(C)[C@H](C)CC[C@@](CCC(C)=O)([C@H]2C)[C@@H](C)[C@@H]1O. The molecule has 1 aromatic carbocycles. The fraction of sp³-hybridized carbons (Fsp3) is 0.636. The summed E-state index contributed by atoms with van der Waals surface area (Å²) in [6.45, 7) is 16.7. The Labute approximate surface area is 260 Å². The van der Waals surface area contributed by atoms with Crippen LogP contribution in [0.25, 0.3) is 0 Å². The lowest BCUT2D eigenvalue weighted by molar-refractivity contribution is -0.213. The molecule has 240 valence electrons. The number of halogens is 1. The molecular weight excluding hydrogens is 566 g/mol. The van der Waals surface area contributed by atoms with Crippen molar-refractivity contribution >= 4 is 36.4 Å². The van der Waals surface area contributed by atoms with Crippen LogP contribution in [0.5, 0.6) is 5.75 Å². The van der Waals surface area contributed by atoms with Crippen LogP contribution in [0.2, 0.25) is 0 Å². The van der Waals surface area contributed by atoms with Gasteiger partial charge in [0.05, 0.1) is 12.3 Å². The first-order chi connectivity index (χ1) is 20.5. The van der Waals surface area contributed by atoms with Crippen molar-refractivity contribution in [1.29, 1.82) is 0 Å². The van der Waals surface area contributed by atoms with Crippen LogP contribution in [0, 0.1) is 39.8 Å². The molecule has 0 unspecified atom stereocenters. The average Bonchev–Trinajstić information content (AvgIpc) is 2.97. The maximum atomic E-state index is 15.5. The van der Waals surface area contributed by atoms with Gasteiger partial charge in [0.15, 0.2) is 18.2 Å². The number of ketones is 1. The highest BCUT2D eigenvalue weighted by Crippen LogP contribution is 2.65. The Bertz CT molecular complexity index is 1360. The second-order valence-corrected chi connectivity index (χ2v) is 13.7. The summed E-state index contributed by atoms with van der Waals surface area (Å²) in [7, 11) is -1.64. The van der Waals surface area contributed by atoms with E-state index < -0.39 is 54.4 Å². The van der Waals surface area contributed by atoms with Crippen LogP contribution in [-0.4, -0.2) is 64.8 Å². The topological polar surface area (TPSA) is 126 Å². The number of aliphatic hydroxyl groups excluding tert-OH is 1. The number of Topliss-reactive ketones (excluding diaryl/α,β-unsaturated/α-hetero) is 1. The van der Waals surface area contributed by atoms with Crippen molar-refractivity contribution in [2.24, 2.45) is 39.1 Å². The smallest absolute Gasteiger partial charge is 0.477 e. The number of hydrazone groups is 1. The molecule has 1 aliphatic heterocycles. The van der Waals surface area contributed by atoms with Crippen molar-refractivity contribution in [3.63, 3.8) is 0 Å². The van der Waals surface area contributed by atoms with E-state index in [9.17, 15) is 24.5 Å². The van der Waals surface area contributed by atoms with Crippen molar-refractivity contribution in [3.8, 4) is 5.75 Å². The van der Waals surface area contributed by atoms with Crippen LogP contribution in [0.3, 0.4) is 0 Å². The molecule has 2 saturated carbocycles. The third kappa shape index (κ3) is 5.62. The van der Waals surface area contributed by atoms with Crippen LogP contribution in [0.15, 0.2) is 29.9 Å². The Morgan fingerprint density at radius 3 is 2.52 bits per heavy atom. The summed E-state index contributed by atoms with van der Waals surface area (Å²) in [6, 6.07) is 2.82. The zero-order valence-electron chi connectivity index (χ0n) is 26.9. The minimum atomic E-state index is -1.64. The monoisotopic (exact) mass is 612 g/mol. The fourth-order valence-corrected chi connectivity index (χ4v) is 8.22. The first-order valence-corrected chi connectivity index (χ1v) is 15.5. The van der Waals surface area contributed by atoms with E-state index >= 15 is 4.39 Å². The van der Waals surface area contributed by atoms with E-state index in [4.69, 9.17) is 9.47 Å². The number of ether oxygens (including phenoxy) is 2. The molecule has 3 aliphatic rings. The number of hydrogen-bond acceptors (Lipinski definition) is 8. The number of hydrogen-bond donors (Lipinski definition) is 2. The Hall–Kier alpha value is -3.05. The number of aliphatic hydroxyl groups is 1. The van der Waals surface area contributed by atoms with Gasteiger partial charge in [0.2, 0.25) is 5.91 Å². The molecule has 0 radical (unpaired) electrons. The second-order valence-electron chi connectivity index (χ2n) is 13.7. The summed E-state index contributed by atoms with van der Waals surface area (Å²) in [5.74, 6) is -2.29. The summed E-state index contributed by atoms with van der Waals surface area (Å²) in [6.07, 6.45) is 4.70. The lowest BCUT2D eigenvalue weighted by Gasteiger charge is -2.64. The van der Waals surface area contributed by atoms with Crippen molar-refractivity contribution in [2.75, 3.05) is 6.61 Å². The fourth-order valence-electron chi connectivity index (χ4n) is 8.22. The van der Waals surface area contributed by atoms with Gasteiger partial charge in [-0.15, -0.1) is 6.58 Å². The highest BCUT2D eigenvalue weighted by atomic mass is 19.1. The Balaban J connectivity index is 1.63. The van der Waals surface area contributed by atoms with Crippen LogP contribution < -0.4 is 10.2 Å². The van der Waals surface area contributed by atoms with Gasteiger partial charge in [-0.25, -0.2) is 14.1 Å². The van der Waals surface area contributed by atoms with Crippen molar-refractivity contribution in [2.45, 2.75) is 92.8 Å². The Kier molecular flexibility index (Phi) is 9.53. The van der Waals surface area contributed by atoms with Crippen LogP contribution >= 0.6 is 0 Å². The van der Waals surface area contributed by atoms with E-state index in [-0.39, 0.29) is 45.7 Å². The number of benzene rings is 1. The van der Waals surface area contributed by atoms with Gasteiger partial charge in [-0.3, -0.25) is 4.79 Å². The van der Waals surface area contributed by atoms with Crippen molar-refractivity contribution < 1.29 is 38.4 Å². The minimum absolute atomic E-state index is 0.00120. The molecule has 11 heteroatoms. The lowest BCUT2D eigenvalue weighted by Crippen LogP contribution is -2.62. The molecule has 4 rings (SSSR count). The van der Waals surface area contributed by atoms with Crippen molar-refractivity contribution in [3.05, 3.63) is 36.2 Å². The highest BCUT2D eigenvalue weighted by Gasteiger charge is 2.62. The van der Waals surface area contributed by atoms with E-state index in [1.165, 1.54) is 25.3 Å². The molecule has 1 heterocycles. The van der Waals surface area contributed by atoms with Crippen LogP contribution in [0.1, 0.15) is 86.1 Å². The van der Waals surface area contributed by atoms with Gasteiger partial charge in [0.25, 0.3) is 0 Å². The third-order valence-electron chi connectivity index (χ3n) is 11.6. The molecule has 2 bridgehead atoms. The van der Waals surface area contributed by atoms with Gasteiger partial charge in [-0.1, -0.05) is 40.7 Å². The first-order valence-electron chi connectivity index (χ1n) is 15.5. The zero-order chi connectivity index (χ0) is 32.8. The lowest BCUT2D eigenvalue weighted by atomic mass is 9.42. The number of fused-ring (bicyclic) bond motifs is 3. The molecule has 2 fully saturated rings. The van der Waals surface area contributed by atoms with E-state index in [1.807, 2.05) is 6.92 Å². The molecule has 0 aromatic heterocycles. The summed E-state index contributed by atoms with van der Waals surface area (Å²) in [5, 5.41) is 26.2. The van der Waals surface area contributed by atoms with Crippen molar-refractivity contribution in [1.82, 2.24) is 4.92 Å². The second kappa shape index (κ2) is 12.4. The number of esters is 1. The Morgan fingerprint density at radius 2 is 1.91 bits per heavy atom. The number of carbonyl (C=O) groups excluding carboxylic acids is 3. The van der Waals surface area contributed by atoms with Gasteiger partial charge in [0.1, 0.15) is 11.9 Å². The first kappa shape index (κ1) is 33.8. The van der Waals surface area contributed by atoms with E-state index in [0.29, 0.717) is 19.3 Å². The van der Waals surface area contributed by atoms with Gasteiger partial charge in [-0.2, -0.15) is 5.10 Å². The maximum absolute atomic E-state index is 15.5. The predicted octanol–water partition coefficient (Wildman–Crippen LogP) is 4.02. The highest BCUT2D eigenvalue weighted by molar-refractivity contribution is 6.67. The number of rotatable bonds is 8. The van der Waals surface area contributed by atoms with E-state index in [2.05, 4.69) is 39.4 Å². The molecule has 9 nitrogen and oxygen atoms in total. The summed E-state index contributed by atoms with van der Waals surface area (Å²) in [4.78, 5) is 38.1. The molecule has 1 aromatic rings. The molecule has 2 aliphatic carbocycles. The maximum Gasteiger partial charge on any atom is 0.477 e. The zero-order valence-corrected chi connectivity index (χ0v) is 26.9. The van der Waals surface area contributed by atoms with Gasteiger partial charge in [-0.05, 0) is 73.5 Å². The molecule has 0 saturated heterocycles. The van der Waals surface area contributed by atoms with Crippen LogP contribution in [0.4, 0.5) is 4.39 Å². The minimum Gasteiger partial charge on any atom is -0.479 e. The summed E-state index contributed by atoms with van der Waals surface area (Å²) >= 11 is 0. The van der Waals surface area contributed by atoms with Gasteiger partial charge < -0.3 is 24.4 Å². The third-order valence-corrected chi connectivity index (χ3v) is 11.6. The normalized spacial score (nSPS) is 34.8. The predicted molar refractivity (Wildman–Crippen MR) is 166 cm³/mol. The van der Waals surface area contributed by atoms with E-state index in [0.717, 1.165) is 17.8 Å². The molecule has 44 heavy (non-hydrogen) atoms. The number of amides is 1. The largest absolute Gasteiger partial charge is 0.479 e. The molecule has 1 amide bonds. The Morgan fingerprint density at radius 1 is 1.23 bits per heavy atom. The number of carbonyl (C=O) groups is 3. The van der Waals surface area contributed by atoms with Gasteiger partial charge in [0, 0.05) is 29.6 Å². The molecule has 8 atom stereocenters. The standard InChI is InChI=1S/C33H46BFN2O7/c1-9-31(7)16-26(32(8)19(2)12-14-33(22(32)5,15-13-20(3)38)21(4)30(31)41)44-27(40)18-43-25-11-10-24-17-36-37(23(6)39)34(42)28(24)29(25)35/h9-11,17,19,21-22,26,30,41-42H,1,12-16,18H2,2-8H3/t19-,21+,22+,26-,30+,31-,32-,33+/m1/s1. The molecule has 2 N–H and O–H groups in total.